The van der Waals surface area contributed by atoms with E-state index in [1.54, 1.807) is 6.92 Å². The topological polar surface area (TPSA) is 61.7 Å². The van der Waals surface area contributed by atoms with E-state index in [1.807, 2.05) is 38.1 Å². The molecule has 0 aliphatic heterocycles. The lowest BCUT2D eigenvalue weighted by Crippen LogP contribution is -2.41. The normalized spacial score (nSPS) is 16.1. The minimum atomic E-state index is -1.10. The number of benzene rings is 1. The zero-order valence-corrected chi connectivity index (χ0v) is 11.3. The van der Waals surface area contributed by atoms with Crippen molar-refractivity contribution in [2.24, 2.45) is 0 Å². The van der Waals surface area contributed by atoms with Gasteiger partial charge in [0.2, 0.25) is 0 Å². The van der Waals surface area contributed by atoms with Gasteiger partial charge in [-0.1, -0.05) is 18.2 Å². The van der Waals surface area contributed by atoms with Crippen molar-refractivity contribution in [2.75, 3.05) is 19.8 Å². The molecular weight excluding hydrogens is 230 g/mol. The highest BCUT2D eigenvalue weighted by molar-refractivity contribution is 5.35. The van der Waals surface area contributed by atoms with Crippen LogP contribution in [0.4, 0.5) is 0 Å². The van der Waals surface area contributed by atoms with E-state index >= 15 is 0 Å². The summed E-state index contributed by atoms with van der Waals surface area (Å²) in [6.45, 7) is 6.24. The van der Waals surface area contributed by atoms with Crippen molar-refractivity contribution in [2.45, 2.75) is 32.4 Å². The summed E-state index contributed by atoms with van der Waals surface area (Å²) in [5, 5.41) is 21.9. The first kappa shape index (κ1) is 15.0. The van der Waals surface area contributed by atoms with Crippen molar-refractivity contribution in [1.29, 1.82) is 0 Å². The van der Waals surface area contributed by atoms with Gasteiger partial charge in [-0.2, -0.15) is 0 Å². The zero-order valence-electron chi connectivity index (χ0n) is 11.3. The van der Waals surface area contributed by atoms with Crippen LogP contribution in [0.1, 0.15) is 32.4 Å². The van der Waals surface area contributed by atoms with Crippen LogP contribution in [0.25, 0.3) is 0 Å². The van der Waals surface area contributed by atoms with E-state index in [1.165, 1.54) is 0 Å². The van der Waals surface area contributed by atoms with Gasteiger partial charge in [-0.05, 0) is 26.8 Å². The van der Waals surface area contributed by atoms with Crippen LogP contribution in [-0.4, -0.2) is 35.6 Å². The van der Waals surface area contributed by atoms with Crippen LogP contribution < -0.4 is 10.1 Å². The monoisotopic (exact) mass is 253 g/mol. The van der Waals surface area contributed by atoms with E-state index in [0.29, 0.717) is 13.2 Å². The fourth-order valence-corrected chi connectivity index (χ4v) is 1.66. The lowest BCUT2D eigenvalue weighted by molar-refractivity contribution is 0.00101. The molecular formula is C14H23NO3. The van der Waals surface area contributed by atoms with Crippen LogP contribution in [0.5, 0.6) is 5.75 Å². The number of para-hydroxylation sites is 1. The summed E-state index contributed by atoms with van der Waals surface area (Å²) < 4.78 is 5.56. The Labute approximate surface area is 109 Å². The summed E-state index contributed by atoms with van der Waals surface area (Å²) in [5.74, 6) is 0.851. The van der Waals surface area contributed by atoms with Crippen molar-refractivity contribution >= 4 is 0 Å². The number of aliphatic hydroxyl groups is 2. The molecule has 0 saturated carbocycles. The Kier molecular flexibility index (Phi) is 5.59. The van der Waals surface area contributed by atoms with Crippen molar-refractivity contribution in [1.82, 2.24) is 5.32 Å². The van der Waals surface area contributed by atoms with Gasteiger partial charge in [0.05, 0.1) is 18.8 Å². The molecule has 0 aliphatic rings. The highest BCUT2D eigenvalue weighted by Crippen LogP contribution is 2.24. The van der Waals surface area contributed by atoms with Crippen LogP contribution in [0.3, 0.4) is 0 Å². The van der Waals surface area contributed by atoms with Crippen LogP contribution in [-0.2, 0) is 0 Å². The third-order valence-electron chi connectivity index (χ3n) is 2.82. The average molecular weight is 253 g/mol. The minimum absolute atomic E-state index is 0.0470. The second-order valence-electron chi connectivity index (χ2n) is 4.73. The van der Waals surface area contributed by atoms with Crippen LogP contribution in [0, 0.1) is 0 Å². The molecule has 0 aliphatic carbocycles. The van der Waals surface area contributed by atoms with E-state index in [-0.39, 0.29) is 12.6 Å². The standard InChI is InChI=1S/C14H23NO3/c1-4-18-13-8-6-5-7-12(13)11(2)15-9-14(3,17)10-16/h5-8,11,15-17H,4,9-10H2,1-3H3. The molecule has 4 nitrogen and oxygen atoms in total. The molecule has 3 N–H and O–H groups in total. The first-order chi connectivity index (χ1) is 8.50. The van der Waals surface area contributed by atoms with Crippen LogP contribution >= 0.6 is 0 Å². The summed E-state index contributed by atoms with van der Waals surface area (Å²) in [6.07, 6.45) is 0. The number of hydrogen-bond donors (Lipinski definition) is 3. The zero-order chi connectivity index (χ0) is 13.6. The van der Waals surface area contributed by atoms with Gasteiger partial charge in [0, 0.05) is 18.2 Å². The van der Waals surface area contributed by atoms with Gasteiger partial charge in [-0.3, -0.25) is 0 Å². The van der Waals surface area contributed by atoms with Gasteiger partial charge in [0.25, 0.3) is 0 Å². The molecule has 4 heteroatoms. The summed E-state index contributed by atoms with van der Waals surface area (Å²) >= 11 is 0. The van der Waals surface area contributed by atoms with Gasteiger partial charge in [0.1, 0.15) is 5.75 Å². The Hall–Kier alpha value is -1.10. The molecule has 1 aromatic carbocycles. The Morgan fingerprint density at radius 1 is 1.39 bits per heavy atom. The van der Waals surface area contributed by atoms with Crippen molar-refractivity contribution in [3.63, 3.8) is 0 Å². The molecule has 0 aromatic heterocycles. The molecule has 0 saturated heterocycles. The number of hydrogen-bond acceptors (Lipinski definition) is 4. The lowest BCUT2D eigenvalue weighted by Gasteiger charge is -2.24. The molecule has 0 spiro atoms. The van der Waals surface area contributed by atoms with Gasteiger partial charge in [-0.15, -0.1) is 0 Å². The third kappa shape index (κ3) is 4.29. The van der Waals surface area contributed by atoms with Gasteiger partial charge < -0.3 is 20.3 Å². The Morgan fingerprint density at radius 2 is 2.06 bits per heavy atom. The quantitative estimate of drug-likeness (QED) is 0.689. The molecule has 0 amide bonds. The van der Waals surface area contributed by atoms with E-state index < -0.39 is 5.60 Å². The third-order valence-corrected chi connectivity index (χ3v) is 2.82. The molecule has 0 bridgehead atoms. The maximum atomic E-state index is 9.75. The molecule has 18 heavy (non-hydrogen) atoms. The molecule has 102 valence electrons. The summed E-state index contributed by atoms with van der Waals surface area (Å²) in [4.78, 5) is 0. The van der Waals surface area contributed by atoms with Crippen molar-refractivity contribution < 1.29 is 14.9 Å². The second kappa shape index (κ2) is 6.73. The predicted octanol–water partition coefficient (Wildman–Crippen LogP) is 1.48. The maximum absolute atomic E-state index is 9.75. The summed E-state index contributed by atoms with van der Waals surface area (Å²) in [6, 6.07) is 7.87. The highest BCUT2D eigenvalue weighted by atomic mass is 16.5. The Balaban J connectivity index is 2.69. The molecule has 2 unspecified atom stereocenters. The van der Waals surface area contributed by atoms with E-state index in [9.17, 15) is 5.11 Å². The number of aliphatic hydroxyl groups excluding tert-OH is 1. The molecule has 0 fully saturated rings. The first-order valence-corrected chi connectivity index (χ1v) is 6.28. The summed E-state index contributed by atoms with van der Waals surface area (Å²) in [7, 11) is 0. The van der Waals surface area contributed by atoms with Gasteiger partial charge in [0.15, 0.2) is 0 Å². The van der Waals surface area contributed by atoms with E-state index in [4.69, 9.17) is 9.84 Å². The summed E-state index contributed by atoms with van der Waals surface area (Å²) in [5.41, 5.74) is -0.0532. The lowest BCUT2D eigenvalue weighted by atomic mass is 10.0. The maximum Gasteiger partial charge on any atom is 0.124 e. The number of nitrogens with one attached hydrogen (secondary N) is 1. The average Bonchev–Trinajstić information content (AvgIpc) is 2.37. The highest BCUT2D eigenvalue weighted by Gasteiger charge is 2.20. The Morgan fingerprint density at radius 3 is 2.67 bits per heavy atom. The second-order valence-corrected chi connectivity index (χ2v) is 4.73. The molecule has 1 rings (SSSR count). The molecule has 1 aromatic rings. The van der Waals surface area contributed by atoms with Gasteiger partial charge >= 0.3 is 0 Å². The van der Waals surface area contributed by atoms with E-state index in [0.717, 1.165) is 11.3 Å². The SMILES string of the molecule is CCOc1ccccc1C(C)NCC(C)(O)CO. The largest absolute Gasteiger partial charge is 0.494 e. The number of rotatable bonds is 7. The van der Waals surface area contributed by atoms with Crippen LogP contribution in [0.2, 0.25) is 0 Å². The van der Waals surface area contributed by atoms with Crippen molar-refractivity contribution in [3.8, 4) is 5.75 Å². The molecule has 0 radical (unpaired) electrons. The molecule has 2 atom stereocenters. The first-order valence-electron chi connectivity index (χ1n) is 6.28. The van der Waals surface area contributed by atoms with Crippen LogP contribution in [0.15, 0.2) is 24.3 Å². The smallest absolute Gasteiger partial charge is 0.124 e. The fourth-order valence-electron chi connectivity index (χ4n) is 1.66. The van der Waals surface area contributed by atoms with Crippen molar-refractivity contribution in [3.05, 3.63) is 29.8 Å². The minimum Gasteiger partial charge on any atom is -0.494 e. The fraction of sp³-hybridized carbons (Fsp3) is 0.571. The predicted molar refractivity (Wildman–Crippen MR) is 71.7 cm³/mol. The Bertz CT molecular complexity index is 366. The van der Waals surface area contributed by atoms with Gasteiger partial charge in [-0.25, -0.2) is 0 Å². The number of ether oxygens (including phenoxy) is 1. The van der Waals surface area contributed by atoms with E-state index in [2.05, 4.69) is 5.32 Å². The molecule has 0 heterocycles.